The number of aliphatic hydroxyl groups is 2. The van der Waals surface area contributed by atoms with E-state index in [9.17, 15) is 19.8 Å². The summed E-state index contributed by atoms with van der Waals surface area (Å²) in [7, 11) is 1.49. The molecule has 17 nitrogen and oxygen atoms in total. The van der Waals surface area contributed by atoms with Crippen LogP contribution in [0.2, 0.25) is 0 Å². The van der Waals surface area contributed by atoms with Crippen molar-refractivity contribution in [3.05, 3.63) is 70.9 Å². The summed E-state index contributed by atoms with van der Waals surface area (Å²) in [6, 6.07) is 11.0. The van der Waals surface area contributed by atoms with Gasteiger partial charge in [-0.1, -0.05) is 44.2 Å². The molecule has 6 heterocycles. The average Bonchev–Trinajstić information content (AvgIpc) is 3.92. The predicted octanol–water partition coefficient (Wildman–Crippen LogP) is 3.34. The molecule has 6 aliphatic rings. The number of aromatic nitrogens is 1. The molecular weight excluding hydrogens is 849 g/mol. The van der Waals surface area contributed by atoms with Gasteiger partial charge in [-0.05, 0) is 74.2 Å². The van der Waals surface area contributed by atoms with Crippen molar-refractivity contribution < 1.29 is 61.1 Å². The first kappa shape index (κ1) is 46.0. The lowest BCUT2D eigenvalue weighted by molar-refractivity contribution is -0.228. The summed E-state index contributed by atoms with van der Waals surface area (Å²) in [5.41, 5.74) is -1.62. The maximum atomic E-state index is 15.3. The molecule has 1 unspecified atom stereocenters. The molecule has 64 heavy (non-hydrogen) atoms. The molecule has 5 N–H and O–H groups in total. The maximum absolute atomic E-state index is 15.3. The topological polar surface area (TPSA) is 229 Å². The number of nitrogens with zero attached hydrogens (tertiary/aromatic N) is 3. The second-order valence-electron chi connectivity index (χ2n) is 18.7. The van der Waals surface area contributed by atoms with Gasteiger partial charge in [0.1, 0.15) is 11.2 Å². The number of para-hydroxylation sites is 1. The molecule has 2 saturated heterocycles. The number of hydrogen-bond donors (Lipinski definition) is 5. The lowest BCUT2D eigenvalue weighted by atomic mass is 9.47. The highest BCUT2D eigenvalue weighted by Gasteiger charge is 2.80. The Labute approximate surface area is 373 Å². The van der Waals surface area contributed by atoms with Crippen LogP contribution >= 0.6 is 0 Å². The van der Waals surface area contributed by atoms with Crippen molar-refractivity contribution in [3.8, 4) is 5.75 Å². The lowest BCUT2D eigenvalue weighted by Gasteiger charge is -2.63. The molecule has 1 aromatic heterocycles. The van der Waals surface area contributed by atoms with Gasteiger partial charge in [-0.2, -0.15) is 8.42 Å². The molecule has 0 radical (unpaired) electrons. The van der Waals surface area contributed by atoms with Gasteiger partial charge in [0.05, 0.1) is 33.0 Å². The van der Waals surface area contributed by atoms with Crippen molar-refractivity contribution >= 4 is 44.9 Å². The number of methoxy groups -OCH3 is 3. The molecule has 18 heteroatoms. The Hall–Kier alpha value is -4.56. The van der Waals surface area contributed by atoms with Crippen molar-refractivity contribution in [2.24, 2.45) is 11.3 Å². The molecule has 1 spiro atoms. The quantitative estimate of drug-likeness (QED) is 0.0992. The zero-order valence-electron chi connectivity index (χ0n) is 37.4. The van der Waals surface area contributed by atoms with Crippen molar-refractivity contribution in [1.29, 1.82) is 0 Å². The fourth-order valence-corrected chi connectivity index (χ4v) is 13.5. The number of anilines is 1. The SMILES string of the molecule is CC[C@@]1(O)C[C@H]2CN(CCc3c([nH]c4ccccc34)[C@@](C(=O)OC)(c3cc4c(cc3OC)N(C)[C@H]3[C@@](O)(C(=O)OC)[C@H](OC(C)=O)[C@]5(CC)C=CCN6CC[C@]43[C@@H]65)C2)C1.O=S(=O)(O)O. The van der Waals surface area contributed by atoms with Gasteiger partial charge in [0.25, 0.3) is 0 Å². The van der Waals surface area contributed by atoms with Crippen molar-refractivity contribution in [3.63, 3.8) is 0 Å². The van der Waals surface area contributed by atoms with E-state index in [4.69, 9.17) is 36.5 Å². The summed E-state index contributed by atoms with van der Waals surface area (Å²) >= 11 is 0. The predicted molar refractivity (Wildman–Crippen MR) is 235 cm³/mol. The third-order valence-electron chi connectivity index (χ3n) is 15.6. The van der Waals surface area contributed by atoms with Crippen LogP contribution in [0.3, 0.4) is 0 Å². The minimum Gasteiger partial charge on any atom is -0.496 e. The van der Waals surface area contributed by atoms with E-state index in [-0.39, 0.29) is 12.0 Å². The Bertz CT molecular complexity index is 2500. The van der Waals surface area contributed by atoms with Crippen molar-refractivity contribution in [2.45, 2.75) is 99.5 Å². The van der Waals surface area contributed by atoms with Gasteiger partial charge in [-0.25, -0.2) is 4.79 Å². The summed E-state index contributed by atoms with van der Waals surface area (Å²) in [4.78, 5) is 53.2. The number of benzene rings is 2. The average molecular weight is 909 g/mol. The summed E-state index contributed by atoms with van der Waals surface area (Å²) in [6.45, 7) is 8.62. The van der Waals surface area contributed by atoms with Crippen LogP contribution in [0.4, 0.5) is 5.69 Å². The number of aromatic amines is 1. The Morgan fingerprint density at radius 2 is 1.64 bits per heavy atom. The van der Waals surface area contributed by atoms with E-state index in [1.807, 2.05) is 50.1 Å². The number of piperidine rings is 1. The molecule has 2 bridgehead atoms. The number of rotatable bonds is 7. The van der Waals surface area contributed by atoms with Crippen LogP contribution in [0.15, 0.2) is 48.6 Å². The monoisotopic (exact) mass is 908 g/mol. The summed E-state index contributed by atoms with van der Waals surface area (Å²) in [5, 5.41) is 26.3. The molecule has 3 fully saturated rings. The lowest BCUT2D eigenvalue weighted by Crippen LogP contribution is -2.81. The van der Waals surface area contributed by atoms with Crippen LogP contribution in [-0.4, -0.2) is 151 Å². The van der Waals surface area contributed by atoms with E-state index in [0.29, 0.717) is 82.6 Å². The van der Waals surface area contributed by atoms with E-state index in [1.54, 1.807) is 7.11 Å². The molecule has 1 aliphatic carbocycles. The zero-order chi connectivity index (χ0) is 46.4. The van der Waals surface area contributed by atoms with E-state index >= 15 is 4.79 Å². The maximum Gasteiger partial charge on any atom is 0.394 e. The van der Waals surface area contributed by atoms with Gasteiger partial charge in [0.2, 0.25) is 5.60 Å². The summed E-state index contributed by atoms with van der Waals surface area (Å²) in [6.07, 6.45) is 5.94. The van der Waals surface area contributed by atoms with Crippen LogP contribution in [0.5, 0.6) is 5.75 Å². The summed E-state index contributed by atoms with van der Waals surface area (Å²) < 4.78 is 55.5. The first-order valence-electron chi connectivity index (χ1n) is 21.9. The van der Waals surface area contributed by atoms with Crippen LogP contribution in [0.25, 0.3) is 10.9 Å². The van der Waals surface area contributed by atoms with E-state index < -0.39 is 67.9 Å². The molecule has 10 atom stereocenters. The van der Waals surface area contributed by atoms with Gasteiger partial charge in [-0.15, -0.1) is 0 Å². The Balaban J connectivity index is 0.00000106. The van der Waals surface area contributed by atoms with Gasteiger partial charge >= 0.3 is 28.3 Å². The molecule has 5 aliphatic heterocycles. The number of carbonyl (C=O) groups excluding carboxylic acids is 3. The smallest absolute Gasteiger partial charge is 0.394 e. The molecule has 3 aromatic rings. The van der Waals surface area contributed by atoms with E-state index in [1.165, 1.54) is 21.1 Å². The number of esters is 3. The van der Waals surface area contributed by atoms with Crippen LogP contribution in [0, 0.1) is 11.3 Å². The van der Waals surface area contributed by atoms with Gasteiger partial charge in [0.15, 0.2) is 6.10 Å². The van der Waals surface area contributed by atoms with E-state index in [2.05, 4.69) is 39.1 Å². The third-order valence-corrected chi connectivity index (χ3v) is 15.6. The highest BCUT2D eigenvalue weighted by atomic mass is 32.3. The highest BCUT2D eigenvalue weighted by Crippen LogP contribution is 2.68. The fourth-order valence-electron chi connectivity index (χ4n) is 13.5. The van der Waals surface area contributed by atoms with Gasteiger partial charge < -0.3 is 39.0 Å². The second-order valence-corrected chi connectivity index (χ2v) is 19.5. The highest BCUT2D eigenvalue weighted by molar-refractivity contribution is 7.79. The molecule has 1 saturated carbocycles. The minimum atomic E-state index is -4.67. The number of carbonyl (C=O) groups is 3. The van der Waals surface area contributed by atoms with Crippen LogP contribution in [-0.2, 0) is 56.2 Å². The number of ether oxygens (including phenoxy) is 4. The largest absolute Gasteiger partial charge is 0.496 e. The van der Waals surface area contributed by atoms with Gasteiger partial charge in [0, 0.05) is 90.9 Å². The second kappa shape index (κ2) is 16.1. The molecule has 9 rings (SSSR count). The molecule has 0 amide bonds. The number of H-pyrrole nitrogens is 1. The first-order valence-corrected chi connectivity index (χ1v) is 23.3. The third kappa shape index (κ3) is 6.69. The van der Waals surface area contributed by atoms with Crippen molar-refractivity contribution in [1.82, 2.24) is 14.8 Å². The fraction of sp³-hybridized carbons (Fsp3) is 0.587. The molecular formula is C46H60N4O13S. The van der Waals surface area contributed by atoms with Gasteiger partial charge in [-0.3, -0.25) is 28.5 Å². The number of nitrogens with one attached hydrogen (secondary N) is 1. The standard InChI is InChI=1S/C46H58N4O9.H2O4S/c1-8-42(54)23-28-24-45(40(52)57-6,36-30(15-19-49(25-28)26-42)29-13-10-11-14-33(29)47-36)32-21-31-34(22-35(32)56-5)48(4)38-44(31)17-20-50-18-12-16-43(9-2,37(44)50)39(59-27(3)51)46(38,55)41(53)58-7;1-5(2,3)4/h10-14,16,21-22,28,37-39,47,54-55H,8-9,15,17-20,23-26H2,1-7H3;(H2,1,2,3,4)/t28-,37+,38-,39-,42-,43-,44-,45+,46+;/m1./s1. The number of fused-ring (bicyclic) bond motifs is 6. The van der Waals surface area contributed by atoms with Crippen molar-refractivity contribution in [2.75, 3.05) is 66.0 Å². The number of likely N-dealkylation sites (N-methyl/N-ethyl adjacent to an activating group) is 1. The normalized spacial score (nSPS) is 35.0. The Kier molecular flexibility index (Phi) is 11.6. The number of hydrogen-bond acceptors (Lipinski definition) is 14. The van der Waals surface area contributed by atoms with E-state index in [0.717, 1.165) is 33.4 Å². The minimum absolute atomic E-state index is 0.0986. The Morgan fingerprint density at radius 1 is 0.938 bits per heavy atom. The summed E-state index contributed by atoms with van der Waals surface area (Å²) in [5.74, 6) is -1.56. The van der Waals surface area contributed by atoms with Crippen LogP contribution in [0.1, 0.15) is 75.3 Å². The first-order chi connectivity index (χ1) is 30.2. The molecule has 2 aromatic carbocycles. The molecule has 348 valence electrons. The van der Waals surface area contributed by atoms with Crippen LogP contribution < -0.4 is 9.64 Å². The Morgan fingerprint density at radius 3 is 2.28 bits per heavy atom. The zero-order valence-corrected chi connectivity index (χ0v) is 38.2.